The Morgan fingerprint density at radius 3 is 1.92 bits per heavy atom. The normalized spacial score (nSPS) is 16.0. The number of aryl methyl sites for hydroxylation is 1. The highest BCUT2D eigenvalue weighted by atomic mass is 14.4. The molecule has 0 saturated carbocycles. The third kappa shape index (κ3) is 2.51. The van der Waals surface area contributed by atoms with Gasteiger partial charge in [-0.15, -0.1) is 0 Å². The van der Waals surface area contributed by atoms with Gasteiger partial charge in [0.1, 0.15) is 0 Å². The fraction of sp³-hybridized carbons (Fsp3) is 0.500. The quantitative estimate of drug-likeness (QED) is 0.495. The van der Waals surface area contributed by atoms with Crippen molar-refractivity contribution < 1.29 is 0 Å². The molecule has 2 aromatic rings. The molecule has 0 heteroatoms. The third-order valence-corrected chi connectivity index (χ3v) is 5.58. The van der Waals surface area contributed by atoms with Crippen LogP contribution in [0.25, 0.3) is 11.1 Å². The summed E-state index contributed by atoms with van der Waals surface area (Å²) in [6.45, 7) is 21.0. The SMILES string of the molecule is Cc1ccc2c(c1)C(C)(C)c1c-2cc(C(C)(C)C)cc1C(C)(C)C. The van der Waals surface area contributed by atoms with E-state index in [9.17, 15) is 0 Å². The highest BCUT2D eigenvalue weighted by Gasteiger charge is 2.40. The summed E-state index contributed by atoms with van der Waals surface area (Å²) in [6.07, 6.45) is 0. The molecule has 0 atom stereocenters. The summed E-state index contributed by atoms with van der Waals surface area (Å²) in [6, 6.07) is 11.9. The average molecular weight is 321 g/mol. The van der Waals surface area contributed by atoms with Crippen molar-refractivity contribution in [3.05, 3.63) is 58.1 Å². The highest BCUT2D eigenvalue weighted by Crippen LogP contribution is 2.53. The maximum atomic E-state index is 2.47. The van der Waals surface area contributed by atoms with E-state index >= 15 is 0 Å². The monoisotopic (exact) mass is 320 g/mol. The summed E-state index contributed by atoms with van der Waals surface area (Å²) >= 11 is 0. The van der Waals surface area contributed by atoms with Gasteiger partial charge in [0.15, 0.2) is 0 Å². The molecule has 0 unspecified atom stereocenters. The molecule has 24 heavy (non-hydrogen) atoms. The lowest BCUT2D eigenvalue weighted by Gasteiger charge is -2.32. The first-order valence-corrected chi connectivity index (χ1v) is 9.14. The predicted molar refractivity (Wildman–Crippen MR) is 106 cm³/mol. The number of hydrogen-bond acceptors (Lipinski definition) is 0. The number of benzene rings is 2. The van der Waals surface area contributed by atoms with Crippen molar-refractivity contribution >= 4 is 0 Å². The molecule has 0 fully saturated rings. The van der Waals surface area contributed by atoms with Crippen molar-refractivity contribution in [3.63, 3.8) is 0 Å². The predicted octanol–water partition coefficient (Wildman–Crippen LogP) is 6.90. The van der Waals surface area contributed by atoms with Crippen LogP contribution in [0.5, 0.6) is 0 Å². The number of fused-ring (bicyclic) bond motifs is 3. The van der Waals surface area contributed by atoms with Crippen LogP contribution in [0.3, 0.4) is 0 Å². The summed E-state index contributed by atoms with van der Waals surface area (Å²) in [7, 11) is 0. The Kier molecular flexibility index (Phi) is 3.58. The molecule has 0 bridgehead atoms. The lowest BCUT2D eigenvalue weighted by molar-refractivity contribution is 0.545. The Morgan fingerprint density at radius 2 is 1.38 bits per heavy atom. The fourth-order valence-electron chi connectivity index (χ4n) is 4.10. The second-order valence-electron chi connectivity index (χ2n) is 10.1. The van der Waals surface area contributed by atoms with Gasteiger partial charge in [-0.05, 0) is 51.1 Å². The number of hydrogen-bond donors (Lipinski definition) is 0. The maximum Gasteiger partial charge on any atom is 0.0161 e. The van der Waals surface area contributed by atoms with Gasteiger partial charge in [-0.3, -0.25) is 0 Å². The van der Waals surface area contributed by atoms with Crippen molar-refractivity contribution in [2.24, 2.45) is 0 Å². The third-order valence-electron chi connectivity index (χ3n) is 5.58. The zero-order valence-electron chi connectivity index (χ0n) is 16.9. The van der Waals surface area contributed by atoms with E-state index in [1.165, 1.54) is 38.9 Å². The molecule has 2 aromatic carbocycles. The van der Waals surface area contributed by atoms with Gasteiger partial charge in [-0.2, -0.15) is 0 Å². The molecule has 128 valence electrons. The number of rotatable bonds is 0. The summed E-state index contributed by atoms with van der Waals surface area (Å²) in [5.41, 5.74) is 10.5. The fourth-order valence-corrected chi connectivity index (χ4v) is 4.10. The van der Waals surface area contributed by atoms with Crippen LogP contribution in [-0.4, -0.2) is 0 Å². The summed E-state index contributed by atoms with van der Waals surface area (Å²) in [5.74, 6) is 0. The highest BCUT2D eigenvalue weighted by molar-refractivity contribution is 5.83. The molecule has 0 aliphatic heterocycles. The van der Waals surface area contributed by atoms with Gasteiger partial charge >= 0.3 is 0 Å². The minimum absolute atomic E-state index is 0.0652. The van der Waals surface area contributed by atoms with Crippen molar-refractivity contribution in [3.8, 4) is 11.1 Å². The van der Waals surface area contributed by atoms with Gasteiger partial charge < -0.3 is 0 Å². The molecule has 1 aliphatic rings. The lowest BCUT2D eigenvalue weighted by atomic mass is 9.71. The molecular weight excluding hydrogens is 288 g/mol. The van der Waals surface area contributed by atoms with E-state index in [2.05, 4.69) is 92.6 Å². The summed E-state index contributed by atoms with van der Waals surface area (Å²) < 4.78 is 0. The first-order valence-electron chi connectivity index (χ1n) is 9.14. The van der Waals surface area contributed by atoms with E-state index in [1.807, 2.05) is 0 Å². The Bertz CT molecular complexity index is 805. The smallest absolute Gasteiger partial charge is 0.0161 e. The van der Waals surface area contributed by atoms with Crippen molar-refractivity contribution in [1.82, 2.24) is 0 Å². The molecule has 0 aromatic heterocycles. The Morgan fingerprint density at radius 1 is 0.750 bits per heavy atom. The molecule has 0 heterocycles. The van der Waals surface area contributed by atoms with Gasteiger partial charge in [0.25, 0.3) is 0 Å². The zero-order chi connectivity index (χ0) is 18.1. The second-order valence-corrected chi connectivity index (χ2v) is 10.1. The summed E-state index contributed by atoms with van der Waals surface area (Å²) in [5, 5.41) is 0. The van der Waals surface area contributed by atoms with Crippen LogP contribution in [0.2, 0.25) is 0 Å². The second kappa shape index (κ2) is 4.97. The molecule has 0 nitrogen and oxygen atoms in total. The van der Waals surface area contributed by atoms with Gasteiger partial charge in [0.05, 0.1) is 0 Å². The van der Waals surface area contributed by atoms with Gasteiger partial charge in [0.2, 0.25) is 0 Å². The molecular formula is C24H32. The lowest BCUT2D eigenvalue weighted by Crippen LogP contribution is -2.24. The van der Waals surface area contributed by atoms with Gasteiger partial charge in [-0.25, -0.2) is 0 Å². The first-order chi connectivity index (χ1) is 10.8. The Labute approximate surface area is 148 Å². The van der Waals surface area contributed by atoms with Gasteiger partial charge in [-0.1, -0.05) is 91.3 Å². The van der Waals surface area contributed by atoms with E-state index in [-0.39, 0.29) is 16.2 Å². The molecule has 0 N–H and O–H groups in total. The standard InChI is InChI=1S/C24H32/c1-15-10-11-17-18-13-16(22(2,3)4)14-20(23(5,6)7)21(18)24(8,9)19(17)12-15/h10-14H,1-9H3. The first kappa shape index (κ1) is 17.3. The van der Waals surface area contributed by atoms with Crippen LogP contribution in [0, 0.1) is 6.92 Å². The van der Waals surface area contributed by atoms with E-state index < -0.39 is 0 Å². The van der Waals surface area contributed by atoms with E-state index in [0.717, 1.165) is 0 Å². The van der Waals surface area contributed by atoms with E-state index in [0.29, 0.717) is 0 Å². The van der Waals surface area contributed by atoms with Crippen LogP contribution < -0.4 is 0 Å². The molecule has 1 aliphatic carbocycles. The van der Waals surface area contributed by atoms with Gasteiger partial charge in [0, 0.05) is 5.41 Å². The zero-order valence-corrected chi connectivity index (χ0v) is 16.9. The maximum absolute atomic E-state index is 2.47. The summed E-state index contributed by atoms with van der Waals surface area (Å²) in [4.78, 5) is 0. The van der Waals surface area contributed by atoms with Crippen LogP contribution in [-0.2, 0) is 16.2 Å². The average Bonchev–Trinajstić information content (AvgIpc) is 2.64. The van der Waals surface area contributed by atoms with E-state index in [4.69, 9.17) is 0 Å². The minimum Gasteiger partial charge on any atom is -0.0587 e. The van der Waals surface area contributed by atoms with E-state index in [1.54, 1.807) is 0 Å². The topological polar surface area (TPSA) is 0 Å². The Balaban J connectivity index is 2.44. The molecule has 0 spiro atoms. The molecule has 0 radical (unpaired) electrons. The minimum atomic E-state index is 0.0652. The van der Waals surface area contributed by atoms with Crippen LogP contribution in [0.4, 0.5) is 0 Å². The molecule has 3 rings (SSSR count). The van der Waals surface area contributed by atoms with Crippen LogP contribution >= 0.6 is 0 Å². The van der Waals surface area contributed by atoms with Crippen molar-refractivity contribution in [1.29, 1.82) is 0 Å². The largest absolute Gasteiger partial charge is 0.0587 e. The molecule has 0 amide bonds. The van der Waals surface area contributed by atoms with Crippen molar-refractivity contribution in [2.75, 3.05) is 0 Å². The molecule has 0 saturated heterocycles. The van der Waals surface area contributed by atoms with Crippen LogP contribution in [0.1, 0.15) is 83.2 Å². The Hall–Kier alpha value is -1.56. The van der Waals surface area contributed by atoms with Crippen molar-refractivity contribution in [2.45, 2.75) is 78.6 Å². The van der Waals surface area contributed by atoms with Crippen LogP contribution in [0.15, 0.2) is 30.3 Å².